The first-order valence-electron chi connectivity index (χ1n) is 6.73. The molecule has 0 aliphatic carbocycles. The quantitative estimate of drug-likeness (QED) is 0.802. The van der Waals surface area contributed by atoms with E-state index in [4.69, 9.17) is 11.6 Å². The minimum absolute atomic E-state index is 0.0636. The van der Waals surface area contributed by atoms with Crippen LogP contribution in [0.15, 0.2) is 24.3 Å². The van der Waals surface area contributed by atoms with E-state index < -0.39 is 9.84 Å². The van der Waals surface area contributed by atoms with Gasteiger partial charge in [-0.2, -0.15) is 0 Å². The van der Waals surface area contributed by atoms with E-state index in [-0.39, 0.29) is 17.8 Å². The van der Waals surface area contributed by atoms with Crippen LogP contribution in [0.2, 0.25) is 5.02 Å². The van der Waals surface area contributed by atoms with Gasteiger partial charge in [0.2, 0.25) is 0 Å². The Morgan fingerprint density at radius 1 is 1.33 bits per heavy atom. The molecule has 0 unspecified atom stereocenters. The second kappa shape index (κ2) is 8.24. The molecule has 0 saturated heterocycles. The summed E-state index contributed by atoms with van der Waals surface area (Å²) in [6.07, 6.45) is 2.23. The zero-order chi connectivity index (χ0) is 15.9. The maximum atomic E-state index is 11.6. The van der Waals surface area contributed by atoms with Gasteiger partial charge in [0.25, 0.3) is 0 Å². The molecule has 1 aromatic rings. The lowest BCUT2D eigenvalue weighted by atomic mass is 10.1. The Hall–Kier alpha value is -1.27. The van der Waals surface area contributed by atoms with Gasteiger partial charge in [-0.3, -0.25) is 0 Å². The van der Waals surface area contributed by atoms with E-state index >= 15 is 0 Å². The highest BCUT2D eigenvalue weighted by atomic mass is 35.5. The fourth-order valence-electron chi connectivity index (χ4n) is 1.75. The molecule has 21 heavy (non-hydrogen) atoms. The molecule has 0 heterocycles. The van der Waals surface area contributed by atoms with Gasteiger partial charge >= 0.3 is 6.03 Å². The molecule has 0 spiro atoms. The number of amides is 2. The molecule has 0 aliphatic rings. The Morgan fingerprint density at radius 3 is 2.62 bits per heavy atom. The van der Waals surface area contributed by atoms with E-state index in [2.05, 4.69) is 10.6 Å². The van der Waals surface area contributed by atoms with Crippen molar-refractivity contribution < 1.29 is 13.2 Å². The van der Waals surface area contributed by atoms with Crippen molar-refractivity contribution in [2.75, 3.05) is 18.6 Å². The number of rotatable bonds is 7. The van der Waals surface area contributed by atoms with Crippen molar-refractivity contribution in [3.05, 3.63) is 34.9 Å². The van der Waals surface area contributed by atoms with Crippen LogP contribution in [-0.4, -0.2) is 39.0 Å². The molecule has 1 rings (SSSR count). The molecule has 0 aliphatic heterocycles. The van der Waals surface area contributed by atoms with Crippen LogP contribution in [0, 0.1) is 0 Å². The van der Waals surface area contributed by atoms with Gasteiger partial charge in [0.1, 0.15) is 9.84 Å². The number of sulfone groups is 1. The third-order valence-corrected chi connectivity index (χ3v) is 4.28. The zero-order valence-corrected chi connectivity index (χ0v) is 13.8. The van der Waals surface area contributed by atoms with Crippen LogP contribution in [0.1, 0.15) is 18.9 Å². The van der Waals surface area contributed by atoms with E-state index in [1.54, 1.807) is 6.92 Å². The normalized spacial score (nSPS) is 12.7. The summed E-state index contributed by atoms with van der Waals surface area (Å²) in [5.41, 5.74) is 0.976. The van der Waals surface area contributed by atoms with Gasteiger partial charge in [0.05, 0.1) is 5.75 Å². The van der Waals surface area contributed by atoms with E-state index in [1.807, 2.05) is 24.3 Å². The van der Waals surface area contributed by atoms with Gasteiger partial charge in [-0.05, 0) is 31.4 Å². The second-order valence-electron chi connectivity index (χ2n) is 5.06. The van der Waals surface area contributed by atoms with Gasteiger partial charge in [0.15, 0.2) is 0 Å². The summed E-state index contributed by atoms with van der Waals surface area (Å²) in [5, 5.41) is 6.12. The fraction of sp³-hybridized carbons (Fsp3) is 0.500. The number of nitrogens with one attached hydrogen (secondary N) is 2. The first-order valence-corrected chi connectivity index (χ1v) is 9.17. The third-order valence-electron chi connectivity index (χ3n) is 2.94. The topological polar surface area (TPSA) is 75.3 Å². The molecular formula is C14H21ClN2O3S. The molecule has 0 bridgehead atoms. The average molecular weight is 333 g/mol. The summed E-state index contributed by atoms with van der Waals surface area (Å²) in [4.78, 5) is 11.6. The average Bonchev–Trinajstić information content (AvgIpc) is 2.38. The lowest BCUT2D eigenvalue weighted by Crippen LogP contribution is -2.42. The Kier molecular flexibility index (Phi) is 6.98. The number of urea groups is 1. The standard InChI is InChI=1S/C14H21ClN2O3S/c1-11(8-10-21(2,19)20)17-14(18)16-9-7-12-5-3-4-6-13(12)15/h3-6,11H,7-10H2,1-2H3,(H2,16,17,18)/t11-/m0/s1. The van der Waals surface area contributed by atoms with Gasteiger partial charge in [-0.25, -0.2) is 13.2 Å². The van der Waals surface area contributed by atoms with Crippen molar-refractivity contribution in [3.8, 4) is 0 Å². The van der Waals surface area contributed by atoms with Crippen molar-refractivity contribution >= 4 is 27.5 Å². The lowest BCUT2D eigenvalue weighted by molar-refractivity contribution is 0.237. The van der Waals surface area contributed by atoms with Crippen LogP contribution in [-0.2, 0) is 16.3 Å². The highest BCUT2D eigenvalue weighted by molar-refractivity contribution is 7.90. The monoisotopic (exact) mass is 332 g/mol. The van der Waals surface area contributed by atoms with Crippen molar-refractivity contribution in [1.29, 1.82) is 0 Å². The van der Waals surface area contributed by atoms with E-state index in [0.29, 0.717) is 24.4 Å². The molecule has 2 amide bonds. The zero-order valence-electron chi connectivity index (χ0n) is 12.2. The molecule has 118 valence electrons. The molecule has 5 nitrogen and oxygen atoms in total. The van der Waals surface area contributed by atoms with Crippen LogP contribution in [0.3, 0.4) is 0 Å². The van der Waals surface area contributed by atoms with Crippen LogP contribution in [0.4, 0.5) is 4.79 Å². The summed E-state index contributed by atoms with van der Waals surface area (Å²) in [7, 11) is -3.00. The Balaban J connectivity index is 2.27. The van der Waals surface area contributed by atoms with Crippen LogP contribution in [0.25, 0.3) is 0 Å². The first kappa shape index (κ1) is 17.8. The van der Waals surface area contributed by atoms with Crippen molar-refractivity contribution in [2.24, 2.45) is 0 Å². The summed E-state index contributed by atoms with van der Waals surface area (Å²) in [5.74, 6) is 0.0636. The van der Waals surface area contributed by atoms with Crippen molar-refractivity contribution in [2.45, 2.75) is 25.8 Å². The van der Waals surface area contributed by atoms with Crippen molar-refractivity contribution in [3.63, 3.8) is 0 Å². The molecule has 1 aromatic carbocycles. The highest BCUT2D eigenvalue weighted by Gasteiger charge is 2.10. The maximum absolute atomic E-state index is 11.6. The molecule has 0 fully saturated rings. The summed E-state index contributed by atoms with van der Waals surface area (Å²) in [6, 6.07) is 6.98. The predicted molar refractivity (Wildman–Crippen MR) is 85.5 cm³/mol. The Labute approximate surface area is 131 Å². The highest BCUT2D eigenvalue weighted by Crippen LogP contribution is 2.14. The van der Waals surface area contributed by atoms with E-state index in [9.17, 15) is 13.2 Å². The fourth-order valence-corrected chi connectivity index (χ4v) is 2.76. The van der Waals surface area contributed by atoms with E-state index in [1.165, 1.54) is 6.26 Å². The van der Waals surface area contributed by atoms with Crippen LogP contribution in [0.5, 0.6) is 0 Å². The smallest absolute Gasteiger partial charge is 0.315 e. The number of halogens is 1. The number of hydrogen-bond donors (Lipinski definition) is 2. The number of benzene rings is 1. The van der Waals surface area contributed by atoms with Gasteiger partial charge < -0.3 is 10.6 Å². The largest absolute Gasteiger partial charge is 0.338 e. The maximum Gasteiger partial charge on any atom is 0.315 e. The lowest BCUT2D eigenvalue weighted by Gasteiger charge is -2.14. The molecule has 1 atom stereocenters. The molecule has 0 saturated carbocycles. The van der Waals surface area contributed by atoms with Crippen LogP contribution >= 0.6 is 11.6 Å². The Bertz CT molecular complexity index is 575. The van der Waals surface area contributed by atoms with Crippen molar-refractivity contribution in [1.82, 2.24) is 10.6 Å². The molecule has 7 heteroatoms. The summed E-state index contributed by atoms with van der Waals surface area (Å²) < 4.78 is 22.1. The molecule has 0 aromatic heterocycles. The number of hydrogen-bond acceptors (Lipinski definition) is 3. The van der Waals surface area contributed by atoms with Gasteiger partial charge in [-0.1, -0.05) is 29.8 Å². The predicted octanol–water partition coefficient (Wildman–Crippen LogP) is 2.00. The number of carbonyl (C=O) groups is 1. The minimum Gasteiger partial charge on any atom is -0.338 e. The number of carbonyl (C=O) groups excluding carboxylic acids is 1. The van der Waals surface area contributed by atoms with Gasteiger partial charge in [0, 0.05) is 23.9 Å². The molecule has 0 radical (unpaired) electrons. The SMILES string of the molecule is C[C@@H](CCS(C)(=O)=O)NC(=O)NCCc1ccccc1Cl. The van der Waals surface area contributed by atoms with E-state index in [0.717, 1.165) is 5.56 Å². The Morgan fingerprint density at radius 2 is 2.00 bits per heavy atom. The molecule has 2 N–H and O–H groups in total. The summed E-state index contributed by atoms with van der Waals surface area (Å²) in [6.45, 7) is 2.24. The minimum atomic E-state index is -3.00. The van der Waals surface area contributed by atoms with Gasteiger partial charge in [-0.15, -0.1) is 0 Å². The second-order valence-corrected chi connectivity index (χ2v) is 7.73. The van der Waals surface area contributed by atoms with Crippen LogP contribution < -0.4 is 10.6 Å². The summed E-state index contributed by atoms with van der Waals surface area (Å²) >= 11 is 6.02. The first-order chi connectivity index (χ1) is 9.78. The molecular weight excluding hydrogens is 312 g/mol. The third kappa shape index (κ3) is 7.92.